The van der Waals surface area contributed by atoms with E-state index in [-0.39, 0.29) is 5.75 Å². The summed E-state index contributed by atoms with van der Waals surface area (Å²) in [6.45, 7) is 0. The molecule has 0 saturated carbocycles. The number of nitrogens with zero attached hydrogens (tertiary/aromatic N) is 1. The fourth-order valence-corrected chi connectivity index (χ4v) is 3.59. The molecular formula is C9H6INO2S2. The largest absolute Gasteiger partial charge is 0.481 e. The van der Waals surface area contributed by atoms with E-state index in [0.29, 0.717) is 0 Å². The highest BCUT2D eigenvalue weighted by Gasteiger charge is 2.06. The maximum atomic E-state index is 10.4. The van der Waals surface area contributed by atoms with Gasteiger partial charge in [-0.25, -0.2) is 4.98 Å². The van der Waals surface area contributed by atoms with Crippen molar-refractivity contribution in [1.29, 1.82) is 0 Å². The highest BCUT2D eigenvalue weighted by molar-refractivity contribution is 14.1. The highest BCUT2D eigenvalue weighted by atomic mass is 127. The number of halogens is 1. The Bertz CT molecular complexity index is 512. The van der Waals surface area contributed by atoms with Crippen molar-refractivity contribution in [3.63, 3.8) is 0 Å². The third-order valence-corrected chi connectivity index (χ3v) is 4.47. The second-order valence-corrected chi connectivity index (χ2v) is 6.27. The van der Waals surface area contributed by atoms with Crippen LogP contribution in [0.5, 0.6) is 0 Å². The summed E-state index contributed by atoms with van der Waals surface area (Å²) in [6, 6.07) is 6.01. The number of benzene rings is 1. The predicted molar refractivity (Wildman–Crippen MR) is 70.7 cm³/mol. The Morgan fingerprint density at radius 3 is 3.13 bits per heavy atom. The number of rotatable bonds is 3. The van der Waals surface area contributed by atoms with Gasteiger partial charge in [0, 0.05) is 3.57 Å². The summed E-state index contributed by atoms with van der Waals surface area (Å²) in [5.74, 6) is -0.745. The molecule has 0 spiro atoms. The monoisotopic (exact) mass is 351 g/mol. The summed E-state index contributed by atoms with van der Waals surface area (Å²) in [5.41, 5.74) is 0.938. The smallest absolute Gasteiger partial charge is 0.313 e. The molecule has 0 aliphatic carbocycles. The molecule has 2 rings (SSSR count). The normalized spacial score (nSPS) is 10.7. The van der Waals surface area contributed by atoms with E-state index in [2.05, 4.69) is 33.6 Å². The van der Waals surface area contributed by atoms with Gasteiger partial charge in [-0.05, 0) is 40.8 Å². The zero-order valence-electron chi connectivity index (χ0n) is 7.44. The van der Waals surface area contributed by atoms with Crippen LogP contribution in [0.1, 0.15) is 0 Å². The van der Waals surface area contributed by atoms with Crippen LogP contribution in [0.2, 0.25) is 0 Å². The molecule has 78 valence electrons. The van der Waals surface area contributed by atoms with Gasteiger partial charge in [-0.1, -0.05) is 11.8 Å². The van der Waals surface area contributed by atoms with Crippen LogP contribution in [0.3, 0.4) is 0 Å². The Labute approximate surface area is 108 Å². The van der Waals surface area contributed by atoms with Crippen molar-refractivity contribution in [3.8, 4) is 0 Å². The fraction of sp³-hybridized carbons (Fsp3) is 0.111. The number of carboxylic acid groups (broad SMARTS) is 1. The van der Waals surface area contributed by atoms with Gasteiger partial charge in [-0.3, -0.25) is 4.79 Å². The molecule has 1 aromatic carbocycles. The van der Waals surface area contributed by atoms with Gasteiger partial charge in [-0.15, -0.1) is 11.3 Å². The quantitative estimate of drug-likeness (QED) is 0.682. The van der Waals surface area contributed by atoms with E-state index in [1.807, 2.05) is 12.1 Å². The van der Waals surface area contributed by atoms with Gasteiger partial charge in [0.25, 0.3) is 0 Å². The van der Waals surface area contributed by atoms with E-state index in [0.717, 1.165) is 14.6 Å². The SMILES string of the molecule is O=C(O)CSc1nc2ccc(I)cc2s1. The van der Waals surface area contributed by atoms with Crippen LogP contribution in [0.25, 0.3) is 10.2 Å². The van der Waals surface area contributed by atoms with Crippen molar-refractivity contribution in [2.24, 2.45) is 0 Å². The first-order chi connectivity index (χ1) is 7.15. The van der Waals surface area contributed by atoms with Gasteiger partial charge in [0.15, 0.2) is 4.34 Å². The molecule has 0 radical (unpaired) electrons. The molecule has 0 saturated heterocycles. The second kappa shape index (κ2) is 4.67. The van der Waals surface area contributed by atoms with Crippen molar-refractivity contribution in [2.75, 3.05) is 5.75 Å². The minimum Gasteiger partial charge on any atom is -0.481 e. The number of hydrogen-bond donors (Lipinski definition) is 1. The lowest BCUT2D eigenvalue weighted by molar-refractivity contribution is -0.133. The van der Waals surface area contributed by atoms with Gasteiger partial charge in [0.2, 0.25) is 0 Å². The molecule has 0 fully saturated rings. The van der Waals surface area contributed by atoms with Gasteiger partial charge in [0.05, 0.1) is 16.0 Å². The van der Waals surface area contributed by atoms with Gasteiger partial charge < -0.3 is 5.11 Å². The first kappa shape index (κ1) is 11.2. The molecule has 3 nitrogen and oxygen atoms in total. The van der Waals surface area contributed by atoms with Crippen molar-refractivity contribution in [1.82, 2.24) is 4.98 Å². The van der Waals surface area contributed by atoms with E-state index in [9.17, 15) is 4.79 Å². The Kier molecular flexibility index (Phi) is 3.47. The van der Waals surface area contributed by atoms with Crippen LogP contribution in [0.4, 0.5) is 0 Å². The average molecular weight is 351 g/mol. The molecule has 0 aliphatic heterocycles. The lowest BCUT2D eigenvalue weighted by Gasteiger charge is -1.88. The minimum atomic E-state index is -0.811. The zero-order chi connectivity index (χ0) is 10.8. The highest BCUT2D eigenvalue weighted by Crippen LogP contribution is 2.30. The van der Waals surface area contributed by atoms with E-state index < -0.39 is 5.97 Å². The predicted octanol–water partition coefficient (Wildman–Crippen LogP) is 3.08. The number of thioether (sulfide) groups is 1. The Hall–Kier alpha value is -0.340. The number of carbonyl (C=O) groups is 1. The number of fused-ring (bicyclic) bond motifs is 1. The number of carboxylic acids is 1. The van der Waals surface area contributed by atoms with Crippen LogP contribution in [-0.2, 0) is 4.79 Å². The summed E-state index contributed by atoms with van der Waals surface area (Å²) >= 11 is 5.05. The van der Waals surface area contributed by atoms with Crippen LogP contribution in [0.15, 0.2) is 22.5 Å². The average Bonchev–Trinajstić information content (AvgIpc) is 2.56. The van der Waals surface area contributed by atoms with Gasteiger partial charge in [0.1, 0.15) is 0 Å². The third-order valence-electron chi connectivity index (χ3n) is 1.65. The first-order valence-electron chi connectivity index (χ1n) is 4.06. The summed E-state index contributed by atoms with van der Waals surface area (Å²) in [5, 5.41) is 8.55. The van der Waals surface area contributed by atoms with E-state index in [4.69, 9.17) is 5.11 Å². The van der Waals surface area contributed by atoms with Crippen LogP contribution < -0.4 is 0 Å². The number of hydrogen-bond acceptors (Lipinski definition) is 4. The molecule has 1 aromatic heterocycles. The van der Waals surface area contributed by atoms with Crippen LogP contribution >= 0.6 is 45.7 Å². The van der Waals surface area contributed by atoms with Crippen LogP contribution in [-0.4, -0.2) is 21.8 Å². The Balaban J connectivity index is 2.27. The maximum absolute atomic E-state index is 10.4. The Morgan fingerprint density at radius 1 is 1.60 bits per heavy atom. The molecule has 1 heterocycles. The lowest BCUT2D eigenvalue weighted by atomic mass is 10.3. The number of thiazole rings is 1. The summed E-state index contributed by atoms with van der Waals surface area (Å²) in [7, 11) is 0. The molecule has 0 atom stereocenters. The summed E-state index contributed by atoms with van der Waals surface area (Å²) < 4.78 is 3.09. The third kappa shape index (κ3) is 2.82. The van der Waals surface area contributed by atoms with Crippen molar-refractivity contribution in [3.05, 3.63) is 21.8 Å². The fourth-order valence-electron chi connectivity index (χ4n) is 1.06. The van der Waals surface area contributed by atoms with Crippen molar-refractivity contribution >= 4 is 61.9 Å². The van der Waals surface area contributed by atoms with Crippen molar-refractivity contribution < 1.29 is 9.90 Å². The molecule has 0 amide bonds. The van der Waals surface area contributed by atoms with E-state index in [1.54, 1.807) is 0 Å². The second-order valence-electron chi connectivity index (χ2n) is 2.77. The summed E-state index contributed by atoms with van der Waals surface area (Å²) in [6.07, 6.45) is 0. The van der Waals surface area contributed by atoms with Gasteiger partial charge in [-0.2, -0.15) is 0 Å². The minimum absolute atomic E-state index is 0.0664. The summed E-state index contributed by atoms with van der Waals surface area (Å²) in [4.78, 5) is 14.7. The number of aliphatic carboxylic acids is 1. The van der Waals surface area contributed by atoms with Gasteiger partial charge >= 0.3 is 5.97 Å². The maximum Gasteiger partial charge on any atom is 0.313 e. The number of aromatic nitrogens is 1. The molecule has 2 aromatic rings. The molecule has 6 heteroatoms. The molecule has 1 N–H and O–H groups in total. The molecule has 0 bridgehead atoms. The van der Waals surface area contributed by atoms with Crippen molar-refractivity contribution in [2.45, 2.75) is 4.34 Å². The molecule has 0 unspecified atom stereocenters. The van der Waals surface area contributed by atoms with Crippen LogP contribution in [0, 0.1) is 3.57 Å². The van der Waals surface area contributed by atoms with E-state index in [1.165, 1.54) is 26.7 Å². The lowest BCUT2D eigenvalue weighted by Crippen LogP contribution is -1.96. The Morgan fingerprint density at radius 2 is 2.40 bits per heavy atom. The molecule has 15 heavy (non-hydrogen) atoms. The molecular weight excluding hydrogens is 345 g/mol. The standard InChI is InChI=1S/C9H6INO2S2/c10-5-1-2-6-7(3-5)15-9(11-6)14-4-8(12)13/h1-3H,4H2,(H,12,13). The molecule has 0 aliphatic rings. The topological polar surface area (TPSA) is 50.2 Å². The first-order valence-corrected chi connectivity index (χ1v) is 6.94. The zero-order valence-corrected chi connectivity index (χ0v) is 11.2. The van der Waals surface area contributed by atoms with E-state index >= 15 is 0 Å².